The number of hydrogen-bond acceptors (Lipinski definition) is 3. The highest BCUT2D eigenvalue weighted by molar-refractivity contribution is 5.75. The van der Waals surface area contributed by atoms with Gasteiger partial charge in [-0.05, 0) is 32.1 Å². The van der Waals surface area contributed by atoms with Crippen LogP contribution < -0.4 is 11.1 Å². The molecule has 0 spiro atoms. The maximum absolute atomic E-state index is 11.4. The molecular formula is C13H28N2O2. The van der Waals surface area contributed by atoms with E-state index in [0.29, 0.717) is 25.5 Å². The monoisotopic (exact) mass is 244 g/mol. The fourth-order valence-electron chi connectivity index (χ4n) is 1.36. The predicted molar refractivity (Wildman–Crippen MR) is 70.8 cm³/mol. The lowest BCUT2D eigenvalue weighted by Gasteiger charge is -2.08. The Bertz CT molecular complexity index is 194. The summed E-state index contributed by atoms with van der Waals surface area (Å²) in [6.07, 6.45) is 3.39. The van der Waals surface area contributed by atoms with Crippen LogP contribution in [0.4, 0.5) is 0 Å². The maximum Gasteiger partial charge on any atom is 0.220 e. The van der Waals surface area contributed by atoms with E-state index >= 15 is 0 Å². The van der Waals surface area contributed by atoms with Crippen molar-refractivity contribution in [3.05, 3.63) is 0 Å². The van der Waals surface area contributed by atoms with Gasteiger partial charge in [0, 0.05) is 25.6 Å². The van der Waals surface area contributed by atoms with Crippen molar-refractivity contribution in [2.75, 3.05) is 19.8 Å². The number of hydrogen-bond donors (Lipinski definition) is 2. The van der Waals surface area contributed by atoms with E-state index in [0.717, 1.165) is 25.9 Å². The van der Waals surface area contributed by atoms with Gasteiger partial charge in [0.25, 0.3) is 0 Å². The van der Waals surface area contributed by atoms with Gasteiger partial charge in [-0.3, -0.25) is 4.79 Å². The summed E-state index contributed by atoms with van der Waals surface area (Å²) in [4.78, 5) is 11.4. The highest BCUT2D eigenvalue weighted by Crippen LogP contribution is 1.99. The molecule has 0 saturated heterocycles. The fourth-order valence-corrected chi connectivity index (χ4v) is 1.36. The Hall–Kier alpha value is -0.610. The highest BCUT2D eigenvalue weighted by atomic mass is 16.5. The summed E-state index contributed by atoms with van der Waals surface area (Å²) in [5, 5.41) is 2.84. The van der Waals surface area contributed by atoms with E-state index in [1.54, 1.807) is 0 Å². The summed E-state index contributed by atoms with van der Waals surface area (Å²) < 4.78 is 5.40. The predicted octanol–water partition coefficient (Wildman–Crippen LogP) is 1.68. The summed E-state index contributed by atoms with van der Waals surface area (Å²) in [6, 6.07) is 0.183. The number of carbonyl (C=O) groups is 1. The van der Waals surface area contributed by atoms with Crippen LogP contribution in [0.3, 0.4) is 0 Å². The number of ether oxygens (including phenoxy) is 1. The van der Waals surface area contributed by atoms with Crippen molar-refractivity contribution in [3.8, 4) is 0 Å². The molecule has 0 aliphatic carbocycles. The Balaban J connectivity index is 3.22. The van der Waals surface area contributed by atoms with Gasteiger partial charge in [0.15, 0.2) is 0 Å². The van der Waals surface area contributed by atoms with Gasteiger partial charge in [-0.25, -0.2) is 0 Å². The average molecular weight is 244 g/mol. The minimum Gasteiger partial charge on any atom is -0.380 e. The van der Waals surface area contributed by atoms with Crippen LogP contribution in [-0.4, -0.2) is 31.7 Å². The van der Waals surface area contributed by atoms with Crippen LogP contribution in [0.1, 0.15) is 46.5 Å². The second-order valence-corrected chi connectivity index (χ2v) is 5.01. The molecule has 0 bridgehead atoms. The Morgan fingerprint density at radius 3 is 2.53 bits per heavy atom. The molecule has 0 fully saturated rings. The summed E-state index contributed by atoms with van der Waals surface area (Å²) in [6.45, 7) is 8.28. The lowest BCUT2D eigenvalue weighted by molar-refractivity contribution is -0.121. The molecule has 0 aromatic carbocycles. The van der Waals surface area contributed by atoms with Gasteiger partial charge in [-0.15, -0.1) is 0 Å². The Morgan fingerprint density at radius 2 is 1.94 bits per heavy atom. The Kier molecular flexibility index (Phi) is 10.2. The summed E-state index contributed by atoms with van der Waals surface area (Å²) in [5.74, 6) is 0.765. The third-order valence-corrected chi connectivity index (χ3v) is 2.47. The van der Waals surface area contributed by atoms with E-state index in [4.69, 9.17) is 10.5 Å². The molecule has 0 radical (unpaired) electrons. The molecule has 0 aliphatic heterocycles. The second kappa shape index (κ2) is 10.5. The summed E-state index contributed by atoms with van der Waals surface area (Å²) in [5.41, 5.74) is 5.61. The smallest absolute Gasteiger partial charge is 0.220 e. The first kappa shape index (κ1) is 16.4. The molecule has 17 heavy (non-hydrogen) atoms. The van der Waals surface area contributed by atoms with Gasteiger partial charge in [0.05, 0.1) is 6.61 Å². The van der Waals surface area contributed by atoms with Crippen molar-refractivity contribution in [3.63, 3.8) is 0 Å². The largest absolute Gasteiger partial charge is 0.380 e. The average Bonchev–Trinajstić information content (AvgIpc) is 2.22. The molecule has 0 heterocycles. The molecular weight excluding hydrogens is 216 g/mol. The maximum atomic E-state index is 11.4. The van der Waals surface area contributed by atoms with Crippen molar-refractivity contribution >= 4 is 5.91 Å². The van der Waals surface area contributed by atoms with Gasteiger partial charge >= 0.3 is 0 Å². The third-order valence-electron chi connectivity index (χ3n) is 2.47. The zero-order chi connectivity index (χ0) is 13.1. The van der Waals surface area contributed by atoms with Crippen molar-refractivity contribution in [2.24, 2.45) is 11.7 Å². The van der Waals surface area contributed by atoms with E-state index in [1.165, 1.54) is 0 Å². The van der Waals surface area contributed by atoms with Crippen molar-refractivity contribution in [1.29, 1.82) is 0 Å². The van der Waals surface area contributed by atoms with Crippen molar-refractivity contribution < 1.29 is 9.53 Å². The zero-order valence-electron chi connectivity index (χ0n) is 11.5. The SMILES string of the molecule is CC(C)CCOCCNC(=O)CCCC(C)N. The molecule has 0 saturated carbocycles. The minimum absolute atomic E-state index is 0.0955. The zero-order valence-corrected chi connectivity index (χ0v) is 11.5. The first-order valence-corrected chi connectivity index (χ1v) is 6.62. The molecule has 1 unspecified atom stereocenters. The third kappa shape index (κ3) is 13.3. The first-order valence-electron chi connectivity index (χ1n) is 6.62. The van der Waals surface area contributed by atoms with E-state index in [2.05, 4.69) is 19.2 Å². The standard InChI is InChI=1S/C13H28N2O2/c1-11(2)7-9-17-10-8-15-13(16)6-4-5-12(3)14/h11-12H,4-10,14H2,1-3H3,(H,15,16). The van der Waals surface area contributed by atoms with E-state index in [-0.39, 0.29) is 11.9 Å². The van der Waals surface area contributed by atoms with Gasteiger partial charge in [-0.2, -0.15) is 0 Å². The highest BCUT2D eigenvalue weighted by Gasteiger charge is 2.01. The summed E-state index contributed by atoms with van der Waals surface area (Å²) >= 11 is 0. The van der Waals surface area contributed by atoms with Crippen LogP contribution in [0.15, 0.2) is 0 Å². The van der Waals surface area contributed by atoms with E-state index < -0.39 is 0 Å². The Labute approximate surface area is 105 Å². The van der Waals surface area contributed by atoms with Gasteiger partial charge < -0.3 is 15.8 Å². The molecule has 0 aromatic rings. The minimum atomic E-state index is 0.0955. The van der Waals surface area contributed by atoms with E-state index in [1.807, 2.05) is 6.92 Å². The molecule has 1 atom stereocenters. The van der Waals surface area contributed by atoms with Crippen molar-refractivity contribution in [2.45, 2.75) is 52.5 Å². The second-order valence-electron chi connectivity index (χ2n) is 5.01. The number of nitrogens with one attached hydrogen (secondary N) is 1. The molecule has 3 N–H and O–H groups in total. The van der Waals surface area contributed by atoms with Crippen LogP contribution in [0.25, 0.3) is 0 Å². The van der Waals surface area contributed by atoms with Crippen LogP contribution >= 0.6 is 0 Å². The number of amides is 1. The number of nitrogens with two attached hydrogens (primary N) is 1. The molecule has 4 heteroatoms. The molecule has 1 amide bonds. The quantitative estimate of drug-likeness (QED) is 0.575. The normalized spacial score (nSPS) is 12.8. The summed E-state index contributed by atoms with van der Waals surface area (Å²) in [7, 11) is 0. The fraction of sp³-hybridized carbons (Fsp3) is 0.923. The number of rotatable bonds is 10. The number of carbonyl (C=O) groups excluding carboxylic acids is 1. The Morgan fingerprint density at radius 1 is 1.24 bits per heavy atom. The molecule has 102 valence electrons. The lowest BCUT2D eigenvalue weighted by Crippen LogP contribution is -2.27. The topological polar surface area (TPSA) is 64.3 Å². The molecule has 0 aromatic heterocycles. The van der Waals surface area contributed by atoms with Crippen molar-refractivity contribution in [1.82, 2.24) is 5.32 Å². The van der Waals surface area contributed by atoms with E-state index in [9.17, 15) is 4.79 Å². The van der Waals surface area contributed by atoms with Crippen LogP contribution in [0.5, 0.6) is 0 Å². The van der Waals surface area contributed by atoms with Gasteiger partial charge in [-0.1, -0.05) is 13.8 Å². The van der Waals surface area contributed by atoms with Crippen LogP contribution in [-0.2, 0) is 9.53 Å². The first-order chi connectivity index (χ1) is 8.02. The van der Waals surface area contributed by atoms with Crippen LogP contribution in [0.2, 0.25) is 0 Å². The van der Waals surface area contributed by atoms with Gasteiger partial charge in [0.1, 0.15) is 0 Å². The lowest BCUT2D eigenvalue weighted by atomic mass is 10.1. The van der Waals surface area contributed by atoms with Gasteiger partial charge in [0.2, 0.25) is 5.91 Å². The molecule has 4 nitrogen and oxygen atoms in total. The van der Waals surface area contributed by atoms with Crippen LogP contribution in [0, 0.1) is 5.92 Å². The molecule has 0 aliphatic rings. The molecule has 0 rings (SSSR count).